The summed E-state index contributed by atoms with van der Waals surface area (Å²) in [6, 6.07) is 16.6. The fraction of sp³-hybridized carbons (Fsp3) is 0.500. The number of ether oxygens (including phenoxy) is 1. The van der Waals surface area contributed by atoms with E-state index in [2.05, 4.69) is 46.5 Å². The fourth-order valence-electron chi connectivity index (χ4n) is 13.7. The number of phenols is 1. The third-order valence-corrected chi connectivity index (χ3v) is 19.0. The highest BCUT2D eigenvalue weighted by Crippen LogP contribution is 2.43. The zero-order valence-corrected chi connectivity index (χ0v) is 48.6. The number of nitrogens with one attached hydrogen (secondary N) is 5. The number of alkyl halides is 1. The van der Waals surface area contributed by atoms with Gasteiger partial charge in [-0.15, -0.1) is 11.3 Å². The molecular formula is C62H74F2N12O6S. The van der Waals surface area contributed by atoms with Gasteiger partial charge in [-0.1, -0.05) is 68.4 Å². The van der Waals surface area contributed by atoms with Gasteiger partial charge in [0.05, 0.1) is 46.4 Å². The molecule has 83 heavy (non-hydrogen) atoms. The number of amides is 1. The minimum atomic E-state index is -1.68. The lowest BCUT2D eigenvalue weighted by molar-refractivity contribution is -0.138. The summed E-state index contributed by atoms with van der Waals surface area (Å²) in [5.74, 6) is -0.507. The maximum absolute atomic E-state index is 17.6. The van der Waals surface area contributed by atoms with Crippen molar-refractivity contribution in [3.05, 3.63) is 101 Å². The molecular weight excluding hydrogens is 1080 g/mol. The van der Waals surface area contributed by atoms with E-state index in [1.54, 1.807) is 35.9 Å². The molecule has 5 saturated heterocycles. The number of aliphatic hydroxyl groups excluding tert-OH is 1. The Bertz CT molecular complexity index is 3530. The lowest BCUT2D eigenvalue weighted by Crippen LogP contribution is -2.60. The fourth-order valence-corrected chi connectivity index (χ4v) is 14.5. The van der Waals surface area contributed by atoms with Crippen LogP contribution in [-0.4, -0.2) is 141 Å². The van der Waals surface area contributed by atoms with Crippen LogP contribution in [0.4, 0.5) is 20.3 Å². The summed E-state index contributed by atoms with van der Waals surface area (Å²) >= 11 is 1.57. The first-order valence-corrected chi connectivity index (χ1v) is 30.2. The first-order valence-electron chi connectivity index (χ1n) is 29.4. The summed E-state index contributed by atoms with van der Waals surface area (Å²) < 4.78 is 47.3. The number of β-amino-alcohol motifs (C(OH)–C–C–N with tert-alkyl or cyclic N) is 1. The Morgan fingerprint density at radius 3 is 2.59 bits per heavy atom. The monoisotopic (exact) mass is 1150 g/mol. The molecule has 5 aliphatic heterocycles. The summed E-state index contributed by atoms with van der Waals surface area (Å²) in [5.41, 5.74) is 2.77. The Hall–Kier alpha value is -6.75. The first kappa shape index (κ1) is 56.7. The number of hydrogen-bond donors (Lipinski definition) is 7. The van der Waals surface area contributed by atoms with Crippen molar-refractivity contribution >= 4 is 56.2 Å². The summed E-state index contributed by atoms with van der Waals surface area (Å²) in [5, 5.41) is 44.8. The van der Waals surface area contributed by atoms with Crippen molar-refractivity contribution in [3.8, 4) is 33.5 Å². The van der Waals surface area contributed by atoms with E-state index < -0.39 is 40.5 Å². The topological polar surface area (TPSA) is 228 Å². The molecule has 5 fully saturated rings. The van der Waals surface area contributed by atoms with Gasteiger partial charge in [0.25, 0.3) is 0 Å². The van der Waals surface area contributed by atoms with E-state index in [9.17, 15) is 19.8 Å². The van der Waals surface area contributed by atoms with Gasteiger partial charge in [0.1, 0.15) is 34.1 Å². The van der Waals surface area contributed by atoms with Gasteiger partial charge in [-0.25, -0.2) is 13.8 Å². The predicted octanol–water partition coefficient (Wildman–Crippen LogP) is 7.92. The van der Waals surface area contributed by atoms with Crippen LogP contribution in [0.2, 0.25) is 0 Å². The highest BCUT2D eigenvalue weighted by molar-refractivity contribution is 7.13. The van der Waals surface area contributed by atoms with E-state index in [-0.39, 0.29) is 91.8 Å². The van der Waals surface area contributed by atoms with Crippen LogP contribution in [0.25, 0.3) is 43.4 Å². The molecule has 3 aromatic carbocycles. The minimum absolute atomic E-state index is 0.00588. The van der Waals surface area contributed by atoms with Crippen LogP contribution < -0.4 is 41.1 Å². The van der Waals surface area contributed by atoms with E-state index in [0.29, 0.717) is 86.7 Å². The summed E-state index contributed by atoms with van der Waals surface area (Å²) in [6.45, 7) is 13.4. The lowest BCUT2D eigenvalue weighted by Gasteiger charge is -2.44. The average molecular weight is 1150 g/mol. The molecule has 0 aliphatic carbocycles. The van der Waals surface area contributed by atoms with Gasteiger partial charge in [-0.2, -0.15) is 9.97 Å². The Morgan fingerprint density at radius 2 is 1.84 bits per heavy atom. The Morgan fingerprint density at radius 1 is 1.04 bits per heavy atom. The van der Waals surface area contributed by atoms with E-state index in [0.717, 1.165) is 50.9 Å². The van der Waals surface area contributed by atoms with Gasteiger partial charge in [0, 0.05) is 99.9 Å². The van der Waals surface area contributed by atoms with Crippen LogP contribution in [0.3, 0.4) is 0 Å². The third kappa shape index (κ3) is 11.3. The molecule has 12 rings (SSSR count). The van der Waals surface area contributed by atoms with Gasteiger partial charge in [-0.05, 0) is 98.5 Å². The lowest BCUT2D eigenvalue weighted by atomic mass is 9.77. The number of aryl methyl sites for hydroxylation is 2. The summed E-state index contributed by atoms with van der Waals surface area (Å²) in [7, 11) is 0. The van der Waals surface area contributed by atoms with Crippen molar-refractivity contribution in [1.82, 2.24) is 51.7 Å². The van der Waals surface area contributed by atoms with Crippen molar-refractivity contribution in [1.29, 1.82) is 0 Å². The van der Waals surface area contributed by atoms with Crippen molar-refractivity contribution in [3.63, 3.8) is 0 Å². The summed E-state index contributed by atoms with van der Waals surface area (Å²) in [6.07, 6.45) is 6.15. The van der Waals surface area contributed by atoms with Crippen LogP contribution >= 0.6 is 11.3 Å². The van der Waals surface area contributed by atoms with E-state index in [1.807, 2.05) is 82.6 Å². The van der Waals surface area contributed by atoms with E-state index in [4.69, 9.17) is 24.2 Å². The second-order valence-electron chi connectivity index (χ2n) is 24.3. The number of piperidine rings is 1. The average Bonchev–Trinajstić information content (AvgIpc) is 2.94. The first-order chi connectivity index (χ1) is 40.0. The number of halogens is 2. The van der Waals surface area contributed by atoms with E-state index >= 15 is 8.78 Å². The third-order valence-electron chi connectivity index (χ3n) is 18.0. The Balaban J connectivity index is 0.727. The number of hydrogen-bond acceptors (Lipinski definition) is 18. The molecule has 8 atom stereocenters. The smallest absolute Gasteiger partial charge is 0.319 e. The number of ketones is 1. The molecule has 438 valence electrons. The largest absolute Gasteiger partial charge is 0.508 e. The number of anilines is 2. The Labute approximate surface area is 485 Å². The molecule has 7 aromatic rings. The molecule has 7 N–H and O–H groups in total. The number of aliphatic hydroxyl groups is 1. The standard InChI is InChI=1S/C62H74F2N12O6S/c1-6-37-8-7-9-40-22-45(77)23-47(51(37)40)53-52(63)54-48(30-67-53)57(75-32-42-14-15-43(33-75)72-42)74-59(73-54)81-21-16-41-24-61(64,17-18-66-41)25-44-28-65-19-20-76(44)49-31-70-82-56(49)60(4,5)27-50(79)62(26-46(78)29-69-62)58(80)71-35(2)38-10-12-39(13-11-38)55-36(3)68-34-83-55/h7-13,22-23,30-31,34-35,41-44,46,65-66,69,72,77-78H,6,14-21,24-29,32-33H2,1-5H3,(H,71,80)/t35-,41?,42?,43?,44?,46?,61?,62+/m0/s1. The van der Waals surface area contributed by atoms with Crippen LogP contribution in [0, 0.1) is 12.7 Å². The number of benzene rings is 3. The predicted molar refractivity (Wildman–Crippen MR) is 316 cm³/mol. The highest BCUT2D eigenvalue weighted by atomic mass is 32.1. The van der Waals surface area contributed by atoms with Crippen LogP contribution in [0.15, 0.2) is 77.0 Å². The van der Waals surface area contributed by atoms with Gasteiger partial charge in [0.2, 0.25) is 5.91 Å². The molecule has 4 aromatic heterocycles. The molecule has 0 saturated carbocycles. The number of thiazole rings is 1. The number of pyridine rings is 1. The zero-order valence-electron chi connectivity index (χ0n) is 47.7. The molecule has 21 heteroatoms. The number of fused-ring (bicyclic) bond motifs is 4. The highest BCUT2D eigenvalue weighted by Gasteiger charge is 2.53. The number of carbonyl (C=O) groups excluding carboxylic acids is 2. The molecule has 0 radical (unpaired) electrons. The second kappa shape index (κ2) is 23.0. The van der Waals surface area contributed by atoms with Gasteiger partial charge in [0.15, 0.2) is 22.9 Å². The second-order valence-corrected chi connectivity index (χ2v) is 25.2. The quantitative estimate of drug-likeness (QED) is 0.0405. The van der Waals surface area contributed by atoms with Crippen molar-refractivity contribution < 1.29 is 37.8 Å². The number of phenolic OH excluding ortho intramolecular Hbond substituents is 1. The normalized spacial score (nSPS) is 25.1. The molecule has 18 nitrogen and oxygen atoms in total. The number of nitrogens with zero attached hydrogens (tertiary/aromatic N) is 7. The van der Waals surface area contributed by atoms with Gasteiger partial charge < -0.3 is 50.5 Å². The maximum Gasteiger partial charge on any atom is 0.319 e. The number of rotatable bonds is 18. The number of piperazine rings is 2. The van der Waals surface area contributed by atoms with Crippen molar-refractivity contribution in [2.75, 3.05) is 62.2 Å². The SMILES string of the molecule is CCc1cccc2cc(O)cc(-c3ncc4c(N5CC6CCC(C5)N6)nc(OCCC5CC(F)(CC6CNCCN6c6cnoc6C(C)(C)CC(=O)[C@@]6(C(=O)N[C@@H](C)c7ccc(-c8scnc8C)cc7)CC(O)CN6)CCN5)nc4c3F)c12. The molecule has 5 aliphatic rings. The van der Waals surface area contributed by atoms with Crippen molar-refractivity contribution in [2.24, 2.45) is 0 Å². The van der Waals surface area contributed by atoms with Crippen LogP contribution in [0.5, 0.6) is 11.8 Å². The van der Waals surface area contributed by atoms with Crippen LogP contribution in [0.1, 0.15) is 108 Å². The number of aromatic hydroxyl groups is 1. The van der Waals surface area contributed by atoms with Gasteiger partial charge >= 0.3 is 6.01 Å². The minimum Gasteiger partial charge on any atom is -0.508 e. The summed E-state index contributed by atoms with van der Waals surface area (Å²) in [4.78, 5) is 53.2. The maximum atomic E-state index is 17.6. The molecule has 1 amide bonds. The Kier molecular flexibility index (Phi) is 15.7. The van der Waals surface area contributed by atoms with Crippen LogP contribution in [-0.2, 0) is 21.4 Å². The van der Waals surface area contributed by atoms with E-state index in [1.165, 1.54) is 0 Å². The molecule has 2 bridgehead atoms. The van der Waals surface area contributed by atoms with Gasteiger partial charge in [-0.3, -0.25) is 19.9 Å². The van der Waals surface area contributed by atoms with Crippen molar-refractivity contribution in [2.45, 2.75) is 145 Å². The molecule has 9 heterocycles. The number of carbonyl (C=O) groups is 2. The molecule has 6 unspecified atom stereocenters. The number of Topliss-reactive ketones (excluding diaryl/α,β-unsaturated/α-hetero) is 1. The number of aromatic nitrogens is 5. The molecule has 0 spiro atoms. The zero-order chi connectivity index (χ0) is 57.8.